The van der Waals surface area contributed by atoms with Gasteiger partial charge >= 0.3 is 5.97 Å². The number of halogens is 1. The van der Waals surface area contributed by atoms with Crippen LogP contribution in [0.3, 0.4) is 0 Å². The molecule has 0 fully saturated rings. The summed E-state index contributed by atoms with van der Waals surface area (Å²) < 4.78 is 6.17. The number of nitrogens with zero attached hydrogens (tertiary/aromatic N) is 2. The smallest absolute Gasteiger partial charge is 0.337 e. The number of amides is 1. The van der Waals surface area contributed by atoms with Gasteiger partial charge in [0.2, 0.25) is 5.91 Å². The molecule has 0 saturated heterocycles. The van der Waals surface area contributed by atoms with Crippen molar-refractivity contribution in [3.8, 4) is 0 Å². The van der Waals surface area contributed by atoms with E-state index in [0.29, 0.717) is 16.1 Å². The third-order valence-electron chi connectivity index (χ3n) is 5.18. The van der Waals surface area contributed by atoms with Gasteiger partial charge in [0.15, 0.2) is 0 Å². The van der Waals surface area contributed by atoms with Crippen LogP contribution in [-0.4, -0.2) is 28.5 Å². The van der Waals surface area contributed by atoms with Crippen LogP contribution in [0, 0.1) is 0 Å². The fourth-order valence-electron chi connectivity index (χ4n) is 3.64. The van der Waals surface area contributed by atoms with Crippen LogP contribution in [0.1, 0.15) is 40.1 Å². The number of benzene rings is 1. The van der Waals surface area contributed by atoms with Crippen molar-refractivity contribution in [1.82, 2.24) is 9.55 Å². The maximum absolute atomic E-state index is 13.0. The van der Waals surface area contributed by atoms with E-state index in [1.165, 1.54) is 41.1 Å². The maximum Gasteiger partial charge on any atom is 0.337 e. The minimum atomic E-state index is -0.521. The summed E-state index contributed by atoms with van der Waals surface area (Å²) in [6.45, 7) is 0.201. The standard InChI is InChI=1S/C21H20ClN3O4S/c1-29-21(28)12-6-7-14(22)15(10-12)24-17(26)8-9-25-11-23-19-18(20(25)27)13-4-2-3-5-16(13)30-19/h6-7,10-11H,2-5,8-9H2,1H3,(H,24,26). The average molecular weight is 446 g/mol. The predicted molar refractivity (Wildman–Crippen MR) is 117 cm³/mol. The van der Waals surface area contributed by atoms with Gasteiger partial charge in [-0.1, -0.05) is 11.6 Å². The summed E-state index contributed by atoms with van der Waals surface area (Å²) in [5.74, 6) is -0.842. The number of hydrogen-bond acceptors (Lipinski definition) is 6. The van der Waals surface area contributed by atoms with Crippen molar-refractivity contribution < 1.29 is 14.3 Å². The Balaban J connectivity index is 1.49. The number of esters is 1. The van der Waals surface area contributed by atoms with Crippen LogP contribution in [0.5, 0.6) is 0 Å². The highest BCUT2D eigenvalue weighted by atomic mass is 35.5. The molecule has 4 rings (SSSR count). The van der Waals surface area contributed by atoms with Crippen molar-refractivity contribution in [3.63, 3.8) is 0 Å². The van der Waals surface area contributed by atoms with Crippen molar-refractivity contribution in [2.45, 2.75) is 38.6 Å². The first kappa shape index (κ1) is 20.6. The van der Waals surface area contributed by atoms with Gasteiger partial charge in [0.05, 0.1) is 35.1 Å². The summed E-state index contributed by atoms with van der Waals surface area (Å²) in [5.41, 5.74) is 1.63. The van der Waals surface area contributed by atoms with Gasteiger partial charge < -0.3 is 10.1 Å². The lowest BCUT2D eigenvalue weighted by molar-refractivity contribution is -0.116. The molecule has 2 heterocycles. The van der Waals surface area contributed by atoms with Gasteiger partial charge in [-0.2, -0.15) is 0 Å². The molecule has 1 aliphatic rings. The summed E-state index contributed by atoms with van der Waals surface area (Å²) >= 11 is 7.72. The van der Waals surface area contributed by atoms with E-state index < -0.39 is 5.97 Å². The molecule has 2 aromatic heterocycles. The van der Waals surface area contributed by atoms with E-state index >= 15 is 0 Å². The Hall–Kier alpha value is -2.71. The first-order valence-corrected chi connectivity index (χ1v) is 10.8. The highest BCUT2D eigenvalue weighted by Gasteiger charge is 2.20. The molecule has 9 heteroatoms. The van der Waals surface area contributed by atoms with E-state index in [-0.39, 0.29) is 30.0 Å². The number of rotatable bonds is 5. The van der Waals surface area contributed by atoms with Gasteiger partial charge in [-0.15, -0.1) is 11.3 Å². The second-order valence-electron chi connectivity index (χ2n) is 7.12. The van der Waals surface area contributed by atoms with Crippen LogP contribution < -0.4 is 10.9 Å². The lowest BCUT2D eigenvalue weighted by Gasteiger charge is -2.11. The molecule has 156 valence electrons. The summed E-state index contributed by atoms with van der Waals surface area (Å²) in [4.78, 5) is 43.5. The molecule has 0 aliphatic heterocycles. The number of ether oxygens (including phenoxy) is 1. The number of nitrogens with one attached hydrogen (secondary N) is 1. The Morgan fingerprint density at radius 2 is 2.10 bits per heavy atom. The van der Waals surface area contributed by atoms with Crippen molar-refractivity contribution in [3.05, 3.63) is 55.9 Å². The fourth-order valence-corrected chi connectivity index (χ4v) is 5.03. The first-order valence-electron chi connectivity index (χ1n) is 9.65. The number of thiophene rings is 1. The Labute approximate surface area is 181 Å². The van der Waals surface area contributed by atoms with E-state index in [1.54, 1.807) is 11.3 Å². The fraction of sp³-hybridized carbons (Fsp3) is 0.333. The van der Waals surface area contributed by atoms with Gasteiger partial charge in [0.25, 0.3) is 5.56 Å². The number of carbonyl (C=O) groups excluding carboxylic acids is 2. The molecule has 3 aromatic rings. The second-order valence-corrected chi connectivity index (χ2v) is 8.61. The molecule has 0 saturated carbocycles. The van der Waals surface area contributed by atoms with Crippen LogP contribution >= 0.6 is 22.9 Å². The number of fused-ring (bicyclic) bond motifs is 3. The Morgan fingerprint density at radius 3 is 2.90 bits per heavy atom. The summed E-state index contributed by atoms with van der Waals surface area (Å²) in [5, 5.41) is 3.70. The van der Waals surface area contributed by atoms with Crippen molar-refractivity contribution in [1.29, 1.82) is 0 Å². The number of methoxy groups -OCH3 is 1. The van der Waals surface area contributed by atoms with Gasteiger partial charge in [-0.25, -0.2) is 9.78 Å². The molecular weight excluding hydrogens is 426 g/mol. The van der Waals surface area contributed by atoms with Crippen LogP contribution in [0.4, 0.5) is 5.69 Å². The highest BCUT2D eigenvalue weighted by molar-refractivity contribution is 7.18. The number of carbonyl (C=O) groups is 2. The van der Waals surface area contributed by atoms with E-state index in [2.05, 4.69) is 15.0 Å². The van der Waals surface area contributed by atoms with Crippen LogP contribution in [0.2, 0.25) is 5.02 Å². The van der Waals surface area contributed by atoms with Crippen LogP contribution in [0.25, 0.3) is 10.2 Å². The molecule has 1 aromatic carbocycles. The Morgan fingerprint density at radius 1 is 1.30 bits per heavy atom. The lowest BCUT2D eigenvalue weighted by Crippen LogP contribution is -2.24. The van der Waals surface area contributed by atoms with Crippen molar-refractivity contribution in [2.75, 3.05) is 12.4 Å². The van der Waals surface area contributed by atoms with E-state index in [4.69, 9.17) is 11.6 Å². The quantitative estimate of drug-likeness (QED) is 0.603. The van der Waals surface area contributed by atoms with Crippen molar-refractivity contribution >= 4 is 50.7 Å². The first-order chi connectivity index (χ1) is 14.5. The number of aryl methyl sites for hydroxylation is 3. The summed E-state index contributed by atoms with van der Waals surface area (Å²) in [6.07, 6.45) is 5.72. The lowest BCUT2D eigenvalue weighted by atomic mass is 9.97. The molecule has 0 unspecified atom stereocenters. The molecule has 30 heavy (non-hydrogen) atoms. The van der Waals surface area contributed by atoms with Gasteiger partial charge in [0, 0.05) is 17.8 Å². The molecule has 0 spiro atoms. The molecule has 0 radical (unpaired) electrons. The summed E-state index contributed by atoms with van der Waals surface area (Å²) in [6, 6.07) is 4.50. The molecule has 1 amide bonds. The predicted octanol–water partition coefficient (Wildman–Crippen LogP) is 3.81. The minimum Gasteiger partial charge on any atom is -0.465 e. The van der Waals surface area contributed by atoms with Crippen LogP contribution in [-0.2, 0) is 28.9 Å². The Bertz CT molecular complexity index is 1200. The molecular formula is C21H20ClN3O4S. The highest BCUT2D eigenvalue weighted by Crippen LogP contribution is 2.33. The molecule has 0 bridgehead atoms. The third kappa shape index (κ3) is 3.97. The average Bonchev–Trinajstić information content (AvgIpc) is 3.13. The number of aromatic nitrogens is 2. The monoisotopic (exact) mass is 445 g/mol. The van der Waals surface area contributed by atoms with Crippen LogP contribution in [0.15, 0.2) is 29.3 Å². The maximum atomic E-state index is 13.0. The SMILES string of the molecule is COC(=O)c1ccc(Cl)c(NC(=O)CCn2cnc3sc4c(c3c2=O)CCCC4)c1. The normalized spacial score (nSPS) is 13.1. The zero-order chi connectivity index (χ0) is 21.3. The second kappa shape index (κ2) is 8.57. The van der Waals surface area contributed by atoms with Gasteiger partial charge in [-0.3, -0.25) is 14.2 Å². The molecule has 1 N–H and O–H groups in total. The number of anilines is 1. The van der Waals surface area contributed by atoms with E-state index in [1.807, 2.05) is 0 Å². The van der Waals surface area contributed by atoms with E-state index in [9.17, 15) is 14.4 Å². The van der Waals surface area contributed by atoms with Gasteiger partial charge in [-0.05, 0) is 49.4 Å². The van der Waals surface area contributed by atoms with E-state index in [0.717, 1.165) is 36.1 Å². The topological polar surface area (TPSA) is 90.3 Å². The minimum absolute atomic E-state index is 0.0677. The Kier molecular flexibility index (Phi) is 5.87. The van der Waals surface area contributed by atoms with Crippen molar-refractivity contribution in [2.24, 2.45) is 0 Å². The van der Waals surface area contributed by atoms with Gasteiger partial charge in [0.1, 0.15) is 4.83 Å². The molecule has 7 nitrogen and oxygen atoms in total. The molecule has 1 aliphatic carbocycles. The zero-order valence-corrected chi connectivity index (χ0v) is 17.9. The third-order valence-corrected chi connectivity index (χ3v) is 6.71. The molecule has 0 atom stereocenters. The number of hydrogen-bond donors (Lipinski definition) is 1. The zero-order valence-electron chi connectivity index (χ0n) is 16.4. The largest absolute Gasteiger partial charge is 0.465 e. The summed E-state index contributed by atoms with van der Waals surface area (Å²) in [7, 11) is 1.28.